The number of nitrogens with zero attached hydrogens (tertiary/aromatic N) is 1. The third kappa shape index (κ3) is 5.19. The summed E-state index contributed by atoms with van der Waals surface area (Å²) in [5, 5.41) is 5.82. The summed E-state index contributed by atoms with van der Waals surface area (Å²) in [4.78, 5) is 18.1. The van der Waals surface area contributed by atoms with E-state index >= 15 is 0 Å². The first-order chi connectivity index (χ1) is 12.5. The van der Waals surface area contributed by atoms with Crippen LogP contribution < -0.4 is 5.32 Å². The van der Waals surface area contributed by atoms with Gasteiger partial charge in [-0.3, -0.25) is 4.79 Å². The summed E-state index contributed by atoms with van der Waals surface area (Å²) in [7, 11) is 0. The standard InChI is InChI=1S/C21H22N2OS2/c1-14-4-7-17(8-5-14)22-20(24)11-21-23-18(13-26-21)12-25-19-9-6-15(2)10-16(19)3/h4-10,13H,11-12H2,1-3H3,(H,22,24). The van der Waals surface area contributed by atoms with Crippen molar-refractivity contribution in [3.05, 3.63) is 75.2 Å². The number of nitrogens with one attached hydrogen (secondary N) is 1. The van der Waals surface area contributed by atoms with E-state index in [2.05, 4.69) is 42.3 Å². The van der Waals surface area contributed by atoms with Crippen LogP contribution in [0.25, 0.3) is 0 Å². The van der Waals surface area contributed by atoms with Crippen LogP contribution in [-0.2, 0) is 17.0 Å². The highest BCUT2D eigenvalue weighted by molar-refractivity contribution is 7.98. The predicted octanol–water partition coefficient (Wildman–Crippen LogP) is 5.54. The Balaban J connectivity index is 1.54. The van der Waals surface area contributed by atoms with Gasteiger partial charge in [0.2, 0.25) is 5.91 Å². The molecule has 0 radical (unpaired) electrons. The first kappa shape index (κ1) is 18.7. The third-order valence-corrected chi connectivity index (χ3v) is 6.06. The van der Waals surface area contributed by atoms with Gasteiger partial charge in [-0.05, 0) is 44.5 Å². The van der Waals surface area contributed by atoms with Crippen molar-refractivity contribution >= 4 is 34.7 Å². The maximum atomic E-state index is 12.2. The molecule has 3 aromatic rings. The van der Waals surface area contributed by atoms with Crippen LogP contribution in [0.15, 0.2) is 52.7 Å². The summed E-state index contributed by atoms with van der Waals surface area (Å²) < 4.78 is 0. The summed E-state index contributed by atoms with van der Waals surface area (Å²) in [5.41, 5.74) is 5.60. The Hall–Kier alpha value is -2.11. The number of aryl methyl sites for hydroxylation is 3. The number of rotatable bonds is 6. The molecule has 0 aliphatic rings. The lowest BCUT2D eigenvalue weighted by Gasteiger charge is -2.05. The minimum atomic E-state index is -0.0308. The number of aromatic nitrogens is 1. The fourth-order valence-corrected chi connectivity index (χ4v) is 4.39. The Labute approximate surface area is 162 Å². The van der Waals surface area contributed by atoms with Gasteiger partial charge in [0, 0.05) is 21.7 Å². The number of thiazole rings is 1. The zero-order chi connectivity index (χ0) is 18.5. The second-order valence-electron chi connectivity index (χ2n) is 6.38. The van der Waals surface area contributed by atoms with Gasteiger partial charge in [0.05, 0.1) is 12.1 Å². The predicted molar refractivity (Wildman–Crippen MR) is 111 cm³/mol. The maximum absolute atomic E-state index is 12.2. The highest BCUT2D eigenvalue weighted by Gasteiger charge is 2.09. The van der Waals surface area contributed by atoms with Gasteiger partial charge < -0.3 is 5.32 Å². The molecular formula is C21H22N2OS2. The van der Waals surface area contributed by atoms with E-state index < -0.39 is 0 Å². The Morgan fingerprint density at radius 3 is 2.54 bits per heavy atom. The number of hydrogen-bond donors (Lipinski definition) is 1. The van der Waals surface area contributed by atoms with Crippen LogP contribution in [0.5, 0.6) is 0 Å². The zero-order valence-electron chi connectivity index (χ0n) is 15.2. The average Bonchev–Trinajstić information content (AvgIpc) is 3.03. The van der Waals surface area contributed by atoms with E-state index in [1.54, 1.807) is 23.1 Å². The lowest BCUT2D eigenvalue weighted by atomic mass is 10.2. The molecule has 0 aliphatic heterocycles. The number of carbonyl (C=O) groups is 1. The van der Waals surface area contributed by atoms with Crippen LogP contribution in [0.4, 0.5) is 5.69 Å². The molecule has 1 aromatic heterocycles. The van der Waals surface area contributed by atoms with Gasteiger partial charge in [0.25, 0.3) is 0 Å². The molecule has 0 bridgehead atoms. The Kier molecular flexibility index (Phi) is 6.12. The number of carbonyl (C=O) groups excluding carboxylic acids is 1. The first-order valence-corrected chi connectivity index (χ1v) is 10.4. The van der Waals surface area contributed by atoms with E-state index in [0.717, 1.165) is 22.1 Å². The second-order valence-corrected chi connectivity index (χ2v) is 8.34. The Bertz CT molecular complexity index is 901. The van der Waals surface area contributed by atoms with E-state index in [9.17, 15) is 4.79 Å². The Morgan fingerprint density at radius 2 is 1.81 bits per heavy atom. The van der Waals surface area contributed by atoms with E-state index in [1.807, 2.05) is 36.6 Å². The summed E-state index contributed by atoms with van der Waals surface area (Å²) in [6.45, 7) is 6.27. The number of amides is 1. The molecule has 1 heterocycles. The van der Waals surface area contributed by atoms with Crippen molar-refractivity contribution in [3.63, 3.8) is 0 Å². The fourth-order valence-electron chi connectivity index (χ4n) is 2.59. The molecule has 0 fully saturated rings. The first-order valence-electron chi connectivity index (χ1n) is 8.49. The number of hydrogen-bond acceptors (Lipinski definition) is 4. The van der Waals surface area contributed by atoms with Gasteiger partial charge in [-0.25, -0.2) is 4.98 Å². The van der Waals surface area contributed by atoms with Crippen molar-refractivity contribution in [2.45, 2.75) is 37.8 Å². The van der Waals surface area contributed by atoms with Crippen LogP contribution in [0.3, 0.4) is 0 Å². The molecule has 0 saturated carbocycles. The van der Waals surface area contributed by atoms with Crippen LogP contribution in [0.1, 0.15) is 27.4 Å². The monoisotopic (exact) mass is 382 g/mol. The lowest BCUT2D eigenvalue weighted by molar-refractivity contribution is -0.115. The van der Waals surface area contributed by atoms with Crippen molar-refractivity contribution in [2.24, 2.45) is 0 Å². The summed E-state index contributed by atoms with van der Waals surface area (Å²) >= 11 is 3.34. The van der Waals surface area contributed by atoms with Crippen molar-refractivity contribution in [1.29, 1.82) is 0 Å². The zero-order valence-corrected chi connectivity index (χ0v) is 16.8. The summed E-state index contributed by atoms with van der Waals surface area (Å²) in [6.07, 6.45) is 0.312. The molecule has 1 N–H and O–H groups in total. The van der Waals surface area contributed by atoms with E-state index in [-0.39, 0.29) is 5.91 Å². The largest absolute Gasteiger partial charge is 0.326 e. The van der Waals surface area contributed by atoms with Crippen LogP contribution in [0.2, 0.25) is 0 Å². The van der Waals surface area contributed by atoms with Crippen molar-refractivity contribution in [2.75, 3.05) is 5.32 Å². The topological polar surface area (TPSA) is 42.0 Å². The molecule has 3 nitrogen and oxygen atoms in total. The molecule has 0 spiro atoms. The minimum Gasteiger partial charge on any atom is -0.326 e. The molecule has 2 aromatic carbocycles. The smallest absolute Gasteiger partial charge is 0.231 e. The van der Waals surface area contributed by atoms with E-state index in [4.69, 9.17) is 0 Å². The average molecular weight is 383 g/mol. The number of benzene rings is 2. The molecule has 26 heavy (non-hydrogen) atoms. The maximum Gasteiger partial charge on any atom is 0.231 e. The Morgan fingerprint density at radius 1 is 1.08 bits per heavy atom. The highest BCUT2D eigenvalue weighted by Crippen LogP contribution is 2.27. The molecule has 0 atom stereocenters. The summed E-state index contributed by atoms with van der Waals surface area (Å²) in [6, 6.07) is 14.3. The molecule has 134 valence electrons. The number of thioether (sulfide) groups is 1. The van der Waals surface area contributed by atoms with E-state index in [0.29, 0.717) is 6.42 Å². The summed E-state index contributed by atoms with van der Waals surface area (Å²) in [5.74, 6) is 0.789. The molecule has 5 heteroatoms. The number of anilines is 1. The van der Waals surface area contributed by atoms with Gasteiger partial charge in [-0.2, -0.15) is 0 Å². The lowest BCUT2D eigenvalue weighted by Crippen LogP contribution is -2.14. The fraction of sp³-hybridized carbons (Fsp3) is 0.238. The van der Waals surface area contributed by atoms with Gasteiger partial charge in [-0.1, -0.05) is 35.4 Å². The minimum absolute atomic E-state index is 0.0308. The highest BCUT2D eigenvalue weighted by atomic mass is 32.2. The normalized spacial score (nSPS) is 10.7. The van der Waals surface area contributed by atoms with Crippen LogP contribution >= 0.6 is 23.1 Å². The van der Waals surface area contributed by atoms with Gasteiger partial charge >= 0.3 is 0 Å². The van der Waals surface area contributed by atoms with Gasteiger partial charge in [-0.15, -0.1) is 23.1 Å². The van der Waals surface area contributed by atoms with Crippen molar-refractivity contribution in [3.8, 4) is 0 Å². The van der Waals surface area contributed by atoms with Crippen molar-refractivity contribution < 1.29 is 4.79 Å². The quantitative estimate of drug-likeness (QED) is 0.569. The van der Waals surface area contributed by atoms with Gasteiger partial charge in [0.15, 0.2) is 0 Å². The van der Waals surface area contributed by atoms with Crippen LogP contribution in [0, 0.1) is 20.8 Å². The van der Waals surface area contributed by atoms with Gasteiger partial charge in [0.1, 0.15) is 5.01 Å². The van der Waals surface area contributed by atoms with E-state index in [1.165, 1.54) is 21.6 Å². The molecule has 0 unspecified atom stereocenters. The SMILES string of the molecule is Cc1ccc(NC(=O)Cc2nc(CSc3ccc(C)cc3C)cs2)cc1. The van der Waals surface area contributed by atoms with Crippen LogP contribution in [-0.4, -0.2) is 10.9 Å². The molecule has 0 aliphatic carbocycles. The van der Waals surface area contributed by atoms with Crippen molar-refractivity contribution in [1.82, 2.24) is 4.98 Å². The molecule has 1 amide bonds. The molecule has 3 rings (SSSR count). The molecular weight excluding hydrogens is 360 g/mol. The molecule has 0 saturated heterocycles. The third-order valence-electron chi connectivity index (χ3n) is 3.95. The second kappa shape index (κ2) is 8.52.